The number of hydrogen-bond donors (Lipinski definition) is 0. The topological polar surface area (TPSA) is 3.24 Å². The molecule has 1 nitrogen and oxygen atoms in total. The first-order chi connectivity index (χ1) is 6.27. The molecule has 0 aromatic rings. The molecule has 1 aliphatic heterocycles. The number of piperidine rings is 1. The van der Waals surface area contributed by atoms with Crippen LogP contribution >= 0.6 is 0 Å². The SMILES string of the molecule is C#CCN1CCC(C(C)CC)CC1. The molecule has 0 aromatic carbocycles. The van der Waals surface area contributed by atoms with Crippen LogP contribution in [0.3, 0.4) is 0 Å². The van der Waals surface area contributed by atoms with Crippen LogP contribution < -0.4 is 0 Å². The largest absolute Gasteiger partial charge is 0.292 e. The first-order valence-corrected chi connectivity index (χ1v) is 5.43. The summed E-state index contributed by atoms with van der Waals surface area (Å²) in [5, 5.41) is 0. The van der Waals surface area contributed by atoms with E-state index in [4.69, 9.17) is 6.42 Å². The number of terminal acetylenes is 1. The van der Waals surface area contributed by atoms with Gasteiger partial charge >= 0.3 is 0 Å². The van der Waals surface area contributed by atoms with E-state index in [9.17, 15) is 0 Å². The zero-order chi connectivity index (χ0) is 9.68. The lowest BCUT2D eigenvalue weighted by Crippen LogP contribution is -2.35. The fraction of sp³-hybridized carbons (Fsp3) is 0.833. The Labute approximate surface area is 82.5 Å². The van der Waals surface area contributed by atoms with E-state index in [1.54, 1.807) is 0 Å². The summed E-state index contributed by atoms with van der Waals surface area (Å²) in [5.74, 6) is 4.56. The lowest BCUT2D eigenvalue weighted by molar-refractivity contribution is 0.164. The Balaban J connectivity index is 2.27. The first-order valence-electron chi connectivity index (χ1n) is 5.43. The van der Waals surface area contributed by atoms with Crippen LogP contribution in [0.25, 0.3) is 0 Å². The molecular weight excluding hydrogens is 158 g/mol. The Morgan fingerprint density at radius 2 is 2.08 bits per heavy atom. The van der Waals surface area contributed by atoms with E-state index in [2.05, 4.69) is 24.7 Å². The third-order valence-corrected chi connectivity index (χ3v) is 3.40. The van der Waals surface area contributed by atoms with Gasteiger partial charge in [0.15, 0.2) is 0 Å². The summed E-state index contributed by atoms with van der Waals surface area (Å²) < 4.78 is 0. The number of nitrogens with zero attached hydrogens (tertiary/aromatic N) is 1. The van der Waals surface area contributed by atoms with Crippen LogP contribution in [0.5, 0.6) is 0 Å². The molecule has 0 aliphatic carbocycles. The quantitative estimate of drug-likeness (QED) is 0.601. The molecule has 0 N–H and O–H groups in total. The maximum Gasteiger partial charge on any atom is 0.0598 e. The van der Waals surface area contributed by atoms with Gasteiger partial charge in [-0.25, -0.2) is 0 Å². The highest BCUT2D eigenvalue weighted by Crippen LogP contribution is 2.26. The van der Waals surface area contributed by atoms with Gasteiger partial charge in [0.05, 0.1) is 6.54 Å². The Bertz CT molecular complexity index is 172. The third-order valence-electron chi connectivity index (χ3n) is 3.40. The van der Waals surface area contributed by atoms with E-state index < -0.39 is 0 Å². The number of likely N-dealkylation sites (tertiary alicyclic amines) is 1. The van der Waals surface area contributed by atoms with Crippen molar-refractivity contribution in [3.8, 4) is 12.3 Å². The van der Waals surface area contributed by atoms with E-state index in [1.165, 1.54) is 32.4 Å². The molecule has 74 valence electrons. The predicted octanol–water partition coefficient (Wildman–Crippen LogP) is 2.38. The molecule has 1 heterocycles. The van der Waals surface area contributed by atoms with E-state index in [0.29, 0.717) is 0 Å². The van der Waals surface area contributed by atoms with Crippen molar-refractivity contribution in [2.45, 2.75) is 33.1 Å². The van der Waals surface area contributed by atoms with E-state index in [-0.39, 0.29) is 0 Å². The fourth-order valence-corrected chi connectivity index (χ4v) is 2.14. The zero-order valence-corrected chi connectivity index (χ0v) is 8.92. The fourth-order valence-electron chi connectivity index (χ4n) is 2.14. The van der Waals surface area contributed by atoms with Crippen molar-refractivity contribution in [1.82, 2.24) is 4.90 Å². The van der Waals surface area contributed by atoms with Gasteiger partial charge in [-0.3, -0.25) is 4.90 Å². The van der Waals surface area contributed by atoms with Crippen LogP contribution in [0.15, 0.2) is 0 Å². The van der Waals surface area contributed by atoms with Gasteiger partial charge in [-0.05, 0) is 37.8 Å². The van der Waals surface area contributed by atoms with Gasteiger partial charge in [-0.1, -0.05) is 26.2 Å². The maximum absolute atomic E-state index is 5.29. The van der Waals surface area contributed by atoms with Gasteiger partial charge in [-0.15, -0.1) is 6.42 Å². The van der Waals surface area contributed by atoms with Crippen LogP contribution in [0, 0.1) is 24.2 Å². The van der Waals surface area contributed by atoms with Gasteiger partial charge in [0.25, 0.3) is 0 Å². The average Bonchev–Trinajstić information content (AvgIpc) is 2.18. The van der Waals surface area contributed by atoms with Crippen molar-refractivity contribution in [2.24, 2.45) is 11.8 Å². The molecule has 0 saturated carbocycles. The van der Waals surface area contributed by atoms with Crippen molar-refractivity contribution in [3.05, 3.63) is 0 Å². The molecule has 1 atom stereocenters. The van der Waals surface area contributed by atoms with Crippen molar-refractivity contribution in [2.75, 3.05) is 19.6 Å². The van der Waals surface area contributed by atoms with Gasteiger partial charge < -0.3 is 0 Å². The molecule has 0 aromatic heterocycles. The molecule has 0 amide bonds. The highest BCUT2D eigenvalue weighted by molar-refractivity contribution is 4.89. The Kier molecular flexibility index (Phi) is 4.32. The normalized spacial score (nSPS) is 22.5. The van der Waals surface area contributed by atoms with Gasteiger partial charge in [0, 0.05) is 0 Å². The van der Waals surface area contributed by atoms with Crippen LogP contribution in [-0.2, 0) is 0 Å². The van der Waals surface area contributed by atoms with Crippen molar-refractivity contribution < 1.29 is 0 Å². The lowest BCUT2D eigenvalue weighted by Gasteiger charge is -2.33. The van der Waals surface area contributed by atoms with Crippen LogP contribution in [0.2, 0.25) is 0 Å². The summed E-state index contributed by atoms with van der Waals surface area (Å²) in [6.07, 6.45) is 9.30. The van der Waals surface area contributed by atoms with Crippen LogP contribution in [0.4, 0.5) is 0 Å². The monoisotopic (exact) mass is 179 g/mol. The van der Waals surface area contributed by atoms with Gasteiger partial charge in [0.2, 0.25) is 0 Å². The molecule has 13 heavy (non-hydrogen) atoms. The molecule has 1 rings (SSSR count). The van der Waals surface area contributed by atoms with Crippen molar-refractivity contribution in [1.29, 1.82) is 0 Å². The summed E-state index contributed by atoms with van der Waals surface area (Å²) in [4.78, 5) is 2.39. The lowest BCUT2D eigenvalue weighted by atomic mass is 9.84. The zero-order valence-electron chi connectivity index (χ0n) is 8.92. The summed E-state index contributed by atoms with van der Waals surface area (Å²) in [6.45, 7) is 7.92. The van der Waals surface area contributed by atoms with Crippen LogP contribution in [-0.4, -0.2) is 24.5 Å². The minimum atomic E-state index is 0.841. The Morgan fingerprint density at radius 1 is 1.46 bits per heavy atom. The molecule has 1 fully saturated rings. The molecule has 1 saturated heterocycles. The second-order valence-electron chi connectivity index (χ2n) is 4.20. The Morgan fingerprint density at radius 3 is 2.54 bits per heavy atom. The van der Waals surface area contributed by atoms with Crippen molar-refractivity contribution in [3.63, 3.8) is 0 Å². The summed E-state index contributed by atoms with van der Waals surface area (Å²) in [6, 6.07) is 0. The minimum absolute atomic E-state index is 0.841. The highest BCUT2D eigenvalue weighted by atomic mass is 15.1. The minimum Gasteiger partial charge on any atom is -0.292 e. The van der Waals surface area contributed by atoms with E-state index in [1.807, 2.05) is 0 Å². The van der Waals surface area contributed by atoms with E-state index in [0.717, 1.165) is 18.4 Å². The van der Waals surface area contributed by atoms with Crippen molar-refractivity contribution >= 4 is 0 Å². The smallest absolute Gasteiger partial charge is 0.0598 e. The molecule has 0 radical (unpaired) electrons. The number of rotatable bonds is 3. The number of hydrogen-bond acceptors (Lipinski definition) is 1. The molecule has 1 aliphatic rings. The molecule has 0 bridgehead atoms. The molecule has 0 spiro atoms. The summed E-state index contributed by atoms with van der Waals surface area (Å²) in [5.41, 5.74) is 0. The second-order valence-corrected chi connectivity index (χ2v) is 4.20. The third kappa shape index (κ3) is 3.04. The highest BCUT2D eigenvalue weighted by Gasteiger charge is 2.21. The first kappa shape index (κ1) is 10.6. The molecule has 1 unspecified atom stereocenters. The molecular formula is C12H21N. The Hall–Kier alpha value is -0.480. The van der Waals surface area contributed by atoms with Gasteiger partial charge in [-0.2, -0.15) is 0 Å². The summed E-state index contributed by atoms with van der Waals surface area (Å²) in [7, 11) is 0. The van der Waals surface area contributed by atoms with Crippen LogP contribution in [0.1, 0.15) is 33.1 Å². The average molecular weight is 179 g/mol. The predicted molar refractivity (Wildman–Crippen MR) is 57.5 cm³/mol. The van der Waals surface area contributed by atoms with Gasteiger partial charge in [0.1, 0.15) is 0 Å². The maximum atomic E-state index is 5.29. The molecule has 1 heteroatoms. The second kappa shape index (κ2) is 5.29. The van der Waals surface area contributed by atoms with E-state index >= 15 is 0 Å². The standard InChI is InChI=1S/C12H21N/c1-4-8-13-9-6-12(7-10-13)11(3)5-2/h1,11-12H,5-10H2,2-3H3. The summed E-state index contributed by atoms with van der Waals surface area (Å²) >= 11 is 0.